The lowest BCUT2D eigenvalue weighted by atomic mass is 10.1. The van der Waals surface area contributed by atoms with E-state index in [1.54, 1.807) is 0 Å². The number of amides is 2. The van der Waals surface area contributed by atoms with E-state index >= 15 is 0 Å². The van der Waals surface area contributed by atoms with Gasteiger partial charge in [0.05, 0.1) is 0 Å². The summed E-state index contributed by atoms with van der Waals surface area (Å²) in [5.41, 5.74) is -0.231. The highest BCUT2D eigenvalue weighted by Crippen LogP contribution is 1.97. The van der Waals surface area contributed by atoms with Crippen molar-refractivity contribution in [2.24, 2.45) is 5.92 Å². The normalized spacial score (nSPS) is 10.3. The van der Waals surface area contributed by atoms with E-state index in [-0.39, 0.29) is 17.2 Å². The fourth-order valence-corrected chi connectivity index (χ4v) is 1.38. The van der Waals surface area contributed by atoms with Gasteiger partial charge in [0, 0.05) is 25.6 Å². The molecule has 7 heteroatoms. The van der Waals surface area contributed by atoms with Crippen molar-refractivity contribution >= 4 is 11.8 Å². The van der Waals surface area contributed by atoms with Crippen molar-refractivity contribution in [1.29, 1.82) is 0 Å². The monoisotopic (exact) mass is 266 g/mol. The van der Waals surface area contributed by atoms with Crippen LogP contribution >= 0.6 is 0 Å². The highest BCUT2D eigenvalue weighted by Gasteiger charge is 2.07. The number of carbonyl (C=O) groups excluding carboxylic acids is 2. The molecule has 0 aliphatic carbocycles. The van der Waals surface area contributed by atoms with Gasteiger partial charge in [-0.05, 0) is 12.0 Å². The zero-order valence-corrected chi connectivity index (χ0v) is 11.0. The third kappa shape index (κ3) is 5.80. The number of aromatic amines is 1. The predicted molar refractivity (Wildman–Crippen MR) is 69.7 cm³/mol. The molecular formula is C12H18N4O3. The van der Waals surface area contributed by atoms with Gasteiger partial charge in [-0.3, -0.25) is 14.4 Å². The number of nitrogens with zero attached hydrogens (tertiary/aromatic N) is 1. The van der Waals surface area contributed by atoms with Crippen molar-refractivity contribution in [3.05, 3.63) is 28.2 Å². The van der Waals surface area contributed by atoms with E-state index in [9.17, 15) is 14.4 Å². The molecule has 0 atom stereocenters. The summed E-state index contributed by atoms with van der Waals surface area (Å²) in [5.74, 6) is -0.124. The number of carbonyl (C=O) groups is 2. The van der Waals surface area contributed by atoms with Gasteiger partial charge in [-0.15, -0.1) is 0 Å². The highest BCUT2D eigenvalue weighted by atomic mass is 16.2. The number of rotatable bonds is 6. The van der Waals surface area contributed by atoms with Crippen LogP contribution in [0.25, 0.3) is 0 Å². The standard InChI is InChI=1S/C12H18N4O3/c1-8(2)7-11(18)13-5-6-14-12(19)9-3-4-10(17)16-15-9/h3-4,8H,5-7H2,1-2H3,(H,13,18)(H,14,19)(H,16,17). The molecule has 3 N–H and O–H groups in total. The minimum atomic E-state index is -0.394. The van der Waals surface area contributed by atoms with Crippen LogP contribution in [-0.4, -0.2) is 35.1 Å². The lowest BCUT2D eigenvalue weighted by Crippen LogP contribution is -2.35. The molecule has 0 saturated heterocycles. The zero-order chi connectivity index (χ0) is 14.3. The molecule has 0 radical (unpaired) electrons. The number of aromatic nitrogens is 2. The van der Waals surface area contributed by atoms with Gasteiger partial charge in [-0.2, -0.15) is 5.10 Å². The first kappa shape index (κ1) is 14.9. The summed E-state index contributed by atoms with van der Waals surface area (Å²) in [6.07, 6.45) is 0.468. The highest BCUT2D eigenvalue weighted by molar-refractivity contribution is 5.91. The molecule has 1 rings (SSSR count). The Balaban J connectivity index is 2.26. The summed E-state index contributed by atoms with van der Waals surface area (Å²) in [4.78, 5) is 33.7. The van der Waals surface area contributed by atoms with Crippen LogP contribution in [0.2, 0.25) is 0 Å². The van der Waals surface area contributed by atoms with Crippen LogP contribution in [0.4, 0.5) is 0 Å². The lowest BCUT2D eigenvalue weighted by molar-refractivity contribution is -0.121. The second kappa shape index (κ2) is 7.30. The molecule has 7 nitrogen and oxygen atoms in total. The largest absolute Gasteiger partial charge is 0.354 e. The number of hydrogen-bond acceptors (Lipinski definition) is 4. The first-order chi connectivity index (χ1) is 8.99. The number of nitrogens with one attached hydrogen (secondary N) is 3. The molecule has 0 aliphatic heterocycles. The van der Waals surface area contributed by atoms with E-state index in [0.717, 1.165) is 0 Å². The van der Waals surface area contributed by atoms with Gasteiger partial charge in [0.25, 0.3) is 11.5 Å². The molecular weight excluding hydrogens is 248 g/mol. The van der Waals surface area contributed by atoms with Crippen molar-refractivity contribution in [1.82, 2.24) is 20.8 Å². The van der Waals surface area contributed by atoms with Crippen molar-refractivity contribution in [3.63, 3.8) is 0 Å². The third-order valence-electron chi connectivity index (χ3n) is 2.24. The van der Waals surface area contributed by atoms with Crippen molar-refractivity contribution in [2.75, 3.05) is 13.1 Å². The molecule has 1 heterocycles. The van der Waals surface area contributed by atoms with Gasteiger partial charge < -0.3 is 10.6 Å². The predicted octanol–water partition coefficient (Wildman–Crippen LogP) is -0.338. The molecule has 1 aromatic rings. The topological polar surface area (TPSA) is 104 Å². The first-order valence-electron chi connectivity index (χ1n) is 6.09. The maximum absolute atomic E-state index is 11.6. The molecule has 0 fully saturated rings. The Labute approximate surface area is 110 Å². The van der Waals surface area contributed by atoms with Gasteiger partial charge in [-0.1, -0.05) is 13.8 Å². The summed E-state index contributed by atoms with van der Waals surface area (Å²) in [6.45, 7) is 4.59. The Kier molecular flexibility index (Phi) is 5.72. The molecule has 19 heavy (non-hydrogen) atoms. The van der Waals surface area contributed by atoms with Crippen LogP contribution in [0, 0.1) is 5.92 Å². The summed E-state index contributed by atoms with van der Waals surface area (Å²) >= 11 is 0. The molecule has 0 aromatic carbocycles. The third-order valence-corrected chi connectivity index (χ3v) is 2.24. The maximum atomic E-state index is 11.6. The molecule has 0 spiro atoms. The number of hydrogen-bond donors (Lipinski definition) is 3. The summed E-state index contributed by atoms with van der Waals surface area (Å²) in [7, 11) is 0. The first-order valence-corrected chi connectivity index (χ1v) is 6.09. The van der Waals surface area contributed by atoms with E-state index < -0.39 is 5.91 Å². The smallest absolute Gasteiger partial charge is 0.271 e. The van der Waals surface area contributed by atoms with Crippen LogP contribution < -0.4 is 16.2 Å². The second-order valence-corrected chi connectivity index (χ2v) is 4.51. The molecule has 0 bridgehead atoms. The molecule has 0 saturated carbocycles. The van der Waals surface area contributed by atoms with Crippen molar-refractivity contribution < 1.29 is 9.59 Å². The SMILES string of the molecule is CC(C)CC(=O)NCCNC(=O)c1ccc(=O)[nH]n1. The van der Waals surface area contributed by atoms with Gasteiger partial charge >= 0.3 is 0 Å². The maximum Gasteiger partial charge on any atom is 0.271 e. The van der Waals surface area contributed by atoms with E-state index in [4.69, 9.17) is 0 Å². The molecule has 104 valence electrons. The van der Waals surface area contributed by atoms with Crippen LogP contribution in [0.1, 0.15) is 30.8 Å². The minimum absolute atomic E-state index is 0.0357. The van der Waals surface area contributed by atoms with Gasteiger partial charge in [0.2, 0.25) is 5.91 Å². The lowest BCUT2D eigenvalue weighted by Gasteiger charge is -2.07. The molecule has 0 unspecified atom stereocenters. The molecule has 0 aliphatic rings. The minimum Gasteiger partial charge on any atom is -0.354 e. The molecule has 2 amide bonds. The van der Waals surface area contributed by atoms with Crippen LogP contribution in [0.3, 0.4) is 0 Å². The van der Waals surface area contributed by atoms with Gasteiger partial charge in [0.15, 0.2) is 0 Å². The van der Waals surface area contributed by atoms with Gasteiger partial charge in [0.1, 0.15) is 5.69 Å². The molecule has 1 aromatic heterocycles. The fourth-order valence-electron chi connectivity index (χ4n) is 1.38. The fraction of sp³-hybridized carbons (Fsp3) is 0.500. The Morgan fingerprint density at radius 3 is 2.53 bits per heavy atom. The van der Waals surface area contributed by atoms with Crippen molar-refractivity contribution in [3.8, 4) is 0 Å². The Morgan fingerprint density at radius 2 is 1.95 bits per heavy atom. The van der Waals surface area contributed by atoms with E-state index in [1.165, 1.54) is 12.1 Å². The van der Waals surface area contributed by atoms with Crippen LogP contribution in [0.15, 0.2) is 16.9 Å². The van der Waals surface area contributed by atoms with Gasteiger partial charge in [-0.25, -0.2) is 5.10 Å². The summed E-state index contributed by atoms with van der Waals surface area (Å²) in [5, 5.41) is 11.1. The average molecular weight is 266 g/mol. The van der Waals surface area contributed by atoms with Crippen molar-refractivity contribution in [2.45, 2.75) is 20.3 Å². The van der Waals surface area contributed by atoms with Crippen LogP contribution in [-0.2, 0) is 4.79 Å². The second-order valence-electron chi connectivity index (χ2n) is 4.51. The zero-order valence-electron chi connectivity index (χ0n) is 11.0. The Bertz CT molecular complexity index is 475. The Hall–Kier alpha value is -2.18. The van der Waals surface area contributed by atoms with E-state index in [1.807, 2.05) is 13.8 Å². The summed E-state index contributed by atoms with van der Waals surface area (Å²) in [6, 6.07) is 2.57. The summed E-state index contributed by atoms with van der Waals surface area (Å²) < 4.78 is 0. The van der Waals surface area contributed by atoms with E-state index in [0.29, 0.717) is 25.4 Å². The van der Waals surface area contributed by atoms with Crippen LogP contribution in [0.5, 0.6) is 0 Å². The quantitative estimate of drug-likeness (QED) is 0.613. The van der Waals surface area contributed by atoms with E-state index in [2.05, 4.69) is 20.8 Å². The number of H-pyrrole nitrogens is 1. The Morgan fingerprint density at radius 1 is 1.26 bits per heavy atom. The average Bonchev–Trinajstić information content (AvgIpc) is 2.34.